The lowest BCUT2D eigenvalue weighted by Crippen LogP contribution is -2.35. The number of carbonyl (C=O) groups excluding carboxylic acids is 1. The Morgan fingerprint density at radius 2 is 2.10 bits per heavy atom. The zero-order chi connectivity index (χ0) is 14.5. The van der Waals surface area contributed by atoms with Crippen molar-refractivity contribution in [3.63, 3.8) is 0 Å². The van der Waals surface area contributed by atoms with E-state index in [9.17, 15) is 14.0 Å². The summed E-state index contributed by atoms with van der Waals surface area (Å²) in [5, 5.41) is 11.6. The van der Waals surface area contributed by atoms with Gasteiger partial charge >= 0.3 is 5.97 Å². The summed E-state index contributed by atoms with van der Waals surface area (Å²) < 4.78 is 18.0. The van der Waals surface area contributed by atoms with E-state index < -0.39 is 17.8 Å². The van der Waals surface area contributed by atoms with Crippen LogP contribution in [0, 0.1) is 11.7 Å². The van der Waals surface area contributed by atoms with E-state index in [0.29, 0.717) is 25.2 Å². The molecule has 1 aliphatic rings. The van der Waals surface area contributed by atoms with Gasteiger partial charge in [0.1, 0.15) is 5.82 Å². The van der Waals surface area contributed by atoms with Crippen molar-refractivity contribution in [2.45, 2.75) is 18.9 Å². The summed E-state index contributed by atoms with van der Waals surface area (Å²) in [6.07, 6.45) is 0.389. The average molecular weight is 281 g/mol. The highest BCUT2D eigenvalue weighted by atomic mass is 19.1. The zero-order valence-corrected chi connectivity index (χ0v) is 10.8. The van der Waals surface area contributed by atoms with Gasteiger partial charge in [-0.2, -0.15) is 0 Å². The maximum Gasteiger partial charge on any atom is 0.305 e. The van der Waals surface area contributed by atoms with Crippen LogP contribution in [-0.2, 0) is 14.3 Å². The number of benzene rings is 1. The molecule has 1 heterocycles. The van der Waals surface area contributed by atoms with Crippen LogP contribution in [0.5, 0.6) is 0 Å². The molecule has 5 nitrogen and oxygen atoms in total. The maximum absolute atomic E-state index is 12.9. The van der Waals surface area contributed by atoms with Gasteiger partial charge in [-0.25, -0.2) is 4.39 Å². The fourth-order valence-electron chi connectivity index (χ4n) is 2.15. The van der Waals surface area contributed by atoms with Crippen molar-refractivity contribution < 1.29 is 23.8 Å². The van der Waals surface area contributed by atoms with Crippen molar-refractivity contribution >= 4 is 11.9 Å². The molecule has 0 bridgehead atoms. The van der Waals surface area contributed by atoms with E-state index in [2.05, 4.69) is 5.32 Å². The Bertz CT molecular complexity index is 482. The second-order valence-corrected chi connectivity index (χ2v) is 4.77. The fraction of sp³-hybridized carbons (Fsp3) is 0.429. The quantitative estimate of drug-likeness (QED) is 0.857. The average Bonchev–Trinajstić information content (AvgIpc) is 2.92. The summed E-state index contributed by atoms with van der Waals surface area (Å²) in [7, 11) is 0. The van der Waals surface area contributed by atoms with Crippen molar-refractivity contribution in [3.05, 3.63) is 35.6 Å². The predicted octanol–water partition coefficient (Wildman–Crippen LogP) is 1.49. The van der Waals surface area contributed by atoms with E-state index in [1.807, 2.05) is 0 Å². The van der Waals surface area contributed by atoms with Crippen LogP contribution >= 0.6 is 0 Å². The molecule has 1 aromatic rings. The lowest BCUT2D eigenvalue weighted by atomic mass is 10.0. The van der Waals surface area contributed by atoms with Crippen LogP contribution in [0.25, 0.3) is 0 Å². The van der Waals surface area contributed by atoms with Crippen LogP contribution in [0.2, 0.25) is 0 Å². The number of aliphatic carboxylic acids is 1. The Morgan fingerprint density at radius 1 is 1.40 bits per heavy atom. The number of hydrogen-bond acceptors (Lipinski definition) is 3. The first-order valence-electron chi connectivity index (χ1n) is 6.41. The molecule has 1 aliphatic heterocycles. The van der Waals surface area contributed by atoms with Gasteiger partial charge in [0.05, 0.1) is 25.0 Å². The molecule has 0 saturated carbocycles. The number of amides is 1. The van der Waals surface area contributed by atoms with Crippen LogP contribution in [0.3, 0.4) is 0 Å². The highest BCUT2D eigenvalue weighted by Gasteiger charge is 2.26. The van der Waals surface area contributed by atoms with Crippen molar-refractivity contribution in [1.82, 2.24) is 5.32 Å². The number of carboxylic acids is 1. The van der Waals surface area contributed by atoms with Crippen LogP contribution in [0.15, 0.2) is 24.3 Å². The third-order valence-electron chi connectivity index (χ3n) is 3.27. The van der Waals surface area contributed by atoms with Crippen LogP contribution < -0.4 is 5.32 Å². The zero-order valence-electron chi connectivity index (χ0n) is 10.8. The highest BCUT2D eigenvalue weighted by Crippen LogP contribution is 2.20. The molecule has 108 valence electrons. The summed E-state index contributed by atoms with van der Waals surface area (Å²) >= 11 is 0. The minimum absolute atomic E-state index is 0.224. The molecule has 0 radical (unpaired) electrons. The molecular weight excluding hydrogens is 265 g/mol. The lowest BCUT2D eigenvalue weighted by Gasteiger charge is -2.19. The Kier molecular flexibility index (Phi) is 4.68. The summed E-state index contributed by atoms with van der Waals surface area (Å²) in [6, 6.07) is 4.79. The molecule has 0 unspecified atom stereocenters. The predicted molar refractivity (Wildman–Crippen MR) is 68.5 cm³/mol. The highest BCUT2D eigenvalue weighted by molar-refractivity contribution is 5.80. The van der Waals surface area contributed by atoms with E-state index in [1.165, 1.54) is 24.3 Å². The van der Waals surface area contributed by atoms with Crippen molar-refractivity contribution in [1.29, 1.82) is 0 Å². The van der Waals surface area contributed by atoms with E-state index in [-0.39, 0.29) is 18.2 Å². The SMILES string of the molecule is O=C(O)C[C@H](NC(=O)[C@@H]1CCOC1)c1ccc(F)cc1. The minimum atomic E-state index is -1.03. The number of ether oxygens (including phenoxy) is 1. The number of halogens is 1. The molecule has 1 aromatic carbocycles. The minimum Gasteiger partial charge on any atom is -0.481 e. The number of carbonyl (C=O) groups is 2. The Hall–Kier alpha value is -1.95. The topological polar surface area (TPSA) is 75.6 Å². The Labute approximate surface area is 115 Å². The van der Waals surface area contributed by atoms with Crippen molar-refractivity contribution in [2.75, 3.05) is 13.2 Å². The monoisotopic (exact) mass is 281 g/mol. The molecule has 0 aliphatic carbocycles. The van der Waals surface area contributed by atoms with E-state index >= 15 is 0 Å². The van der Waals surface area contributed by atoms with Crippen LogP contribution in [0.4, 0.5) is 4.39 Å². The molecule has 2 N–H and O–H groups in total. The fourth-order valence-corrected chi connectivity index (χ4v) is 2.15. The summed E-state index contributed by atoms with van der Waals surface area (Å²) in [5.41, 5.74) is 0.570. The largest absolute Gasteiger partial charge is 0.481 e. The van der Waals surface area contributed by atoms with Crippen molar-refractivity contribution in [2.24, 2.45) is 5.92 Å². The first-order valence-corrected chi connectivity index (χ1v) is 6.41. The molecule has 1 saturated heterocycles. The molecule has 0 aromatic heterocycles. The molecule has 20 heavy (non-hydrogen) atoms. The van der Waals surface area contributed by atoms with Gasteiger partial charge in [-0.1, -0.05) is 12.1 Å². The lowest BCUT2D eigenvalue weighted by molar-refractivity contribution is -0.137. The van der Waals surface area contributed by atoms with Gasteiger partial charge in [0.25, 0.3) is 0 Å². The van der Waals surface area contributed by atoms with Gasteiger partial charge in [-0.15, -0.1) is 0 Å². The number of nitrogens with one attached hydrogen (secondary N) is 1. The third kappa shape index (κ3) is 3.77. The molecule has 2 atom stereocenters. The summed E-state index contributed by atoms with van der Waals surface area (Å²) in [4.78, 5) is 22.9. The summed E-state index contributed by atoms with van der Waals surface area (Å²) in [6.45, 7) is 0.896. The van der Waals surface area contributed by atoms with Gasteiger partial charge in [0.15, 0.2) is 0 Å². The van der Waals surface area contributed by atoms with Gasteiger partial charge in [-0.3, -0.25) is 9.59 Å². The molecular formula is C14H16FNO4. The Balaban J connectivity index is 2.08. The van der Waals surface area contributed by atoms with Crippen molar-refractivity contribution in [3.8, 4) is 0 Å². The maximum atomic E-state index is 12.9. The standard InChI is InChI=1S/C14H16FNO4/c15-11-3-1-9(2-4-11)12(7-13(17)18)16-14(19)10-5-6-20-8-10/h1-4,10,12H,5-8H2,(H,16,19)(H,17,18)/t10-,12+/m1/s1. The third-order valence-corrected chi connectivity index (χ3v) is 3.27. The number of carboxylic acid groups (broad SMARTS) is 1. The number of hydrogen-bond donors (Lipinski definition) is 2. The van der Waals surface area contributed by atoms with Gasteiger partial charge in [-0.05, 0) is 24.1 Å². The first-order chi connectivity index (χ1) is 9.56. The Morgan fingerprint density at radius 3 is 2.65 bits per heavy atom. The smallest absolute Gasteiger partial charge is 0.305 e. The number of rotatable bonds is 5. The summed E-state index contributed by atoms with van der Waals surface area (Å²) in [5.74, 6) is -1.90. The second kappa shape index (κ2) is 6.47. The molecule has 2 rings (SSSR count). The van der Waals surface area contributed by atoms with Gasteiger partial charge in [0.2, 0.25) is 5.91 Å². The van der Waals surface area contributed by atoms with Crippen LogP contribution in [-0.4, -0.2) is 30.2 Å². The van der Waals surface area contributed by atoms with Gasteiger partial charge < -0.3 is 15.2 Å². The van der Waals surface area contributed by atoms with E-state index in [1.54, 1.807) is 0 Å². The van der Waals surface area contributed by atoms with Crippen LogP contribution in [0.1, 0.15) is 24.4 Å². The molecule has 0 spiro atoms. The van der Waals surface area contributed by atoms with Gasteiger partial charge in [0, 0.05) is 6.61 Å². The molecule has 1 fully saturated rings. The van der Waals surface area contributed by atoms with E-state index in [0.717, 1.165) is 0 Å². The molecule has 1 amide bonds. The normalized spacial score (nSPS) is 19.6. The molecule has 6 heteroatoms. The first kappa shape index (κ1) is 14.5. The second-order valence-electron chi connectivity index (χ2n) is 4.77. The van der Waals surface area contributed by atoms with E-state index in [4.69, 9.17) is 9.84 Å².